The Labute approximate surface area is 238 Å². The lowest BCUT2D eigenvalue weighted by Crippen LogP contribution is -2.54. The Hall–Kier alpha value is -4.74. The van der Waals surface area contributed by atoms with Crippen molar-refractivity contribution in [3.63, 3.8) is 0 Å². The molecule has 0 bridgehead atoms. The standard InChI is InChI=1S/C29H36N6O6/c36-24-14-12-22(34-25(37)13-11-20-7-3-1-4-8-20)28(40)33-19-27(39)35-23(17-21-9-5-2-6-10-21)29(41)32-18-26(38)31-16-15-30-24/h1-10,22-23H,11-19H2,(H,30,36)(H,31,38)(H,32,41)(H,33,40)(H,34,37)(H,35,39)/t22-,23+/m0/s1. The van der Waals surface area contributed by atoms with E-state index >= 15 is 0 Å². The molecule has 0 radical (unpaired) electrons. The zero-order chi connectivity index (χ0) is 29.5. The van der Waals surface area contributed by atoms with E-state index in [4.69, 9.17) is 0 Å². The predicted molar refractivity (Wildman–Crippen MR) is 150 cm³/mol. The molecule has 6 N–H and O–H groups in total. The number of nitrogens with one attached hydrogen (secondary N) is 6. The topological polar surface area (TPSA) is 175 Å². The Morgan fingerprint density at radius 3 is 1.98 bits per heavy atom. The lowest BCUT2D eigenvalue weighted by Gasteiger charge is -2.21. The van der Waals surface area contributed by atoms with Crippen molar-refractivity contribution in [2.24, 2.45) is 0 Å². The van der Waals surface area contributed by atoms with Gasteiger partial charge < -0.3 is 31.9 Å². The van der Waals surface area contributed by atoms with Crippen LogP contribution in [0.25, 0.3) is 0 Å². The first-order valence-corrected chi connectivity index (χ1v) is 13.6. The summed E-state index contributed by atoms with van der Waals surface area (Å²) in [6.07, 6.45) is 0.714. The zero-order valence-electron chi connectivity index (χ0n) is 22.7. The lowest BCUT2D eigenvalue weighted by atomic mass is 10.1. The van der Waals surface area contributed by atoms with Crippen LogP contribution >= 0.6 is 0 Å². The number of carbonyl (C=O) groups is 6. The average molecular weight is 565 g/mol. The summed E-state index contributed by atoms with van der Waals surface area (Å²) in [7, 11) is 0. The van der Waals surface area contributed by atoms with Gasteiger partial charge in [0.05, 0.1) is 13.1 Å². The Kier molecular flexibility index (Phi) is 12.3. The number of benzene rings is 2. The van der Waals surface area contributed by atoms with Crippen molar-refractivity contribution in [2.45, 2.75) is 44.2 Å². The van der Waals surface area contributed by atoms with Gasteiger partial charge in [-0.15, -0.1) is 0 Å². The number of rotatable bonds is 6. The van der Waals surface area contributed by atoms with Gasteiger partial charge in [0, 0.05) is 32.4 Å². The fourth-order valence-corrected chi connectivity index (χ4v) is 4.15. The van der Waals surface area contributed by atoms with E-state index in [1.165, 1.54) is 0 Å². The van der Waals surface area contributed by atoms with Gasteiger partial charge in [0.2, 0.25) is 35.4 Å². The van der Waals surface area contributed by atoms with Crippen LogP contribution in [0.1, 0.15) is 30.4 Å². The summed E-state index contributed by atoms with van der Waals surface area (Å²) in [5.41, 5.74) is 1.76. The Bertz CT molecular complexity index is 1210. The van der Waals surface area contributed by atoms with Crippen molar-refractivity contribution in [1.29, 1.82) is 0 Å². The van der Waals surface area contributed by atoms with Gasteiger partial charge in [0.1, 0.15) is 12.1 Å². The number of hydrogen-bond acceptors (Lipinski definition) is 6. The maximum Gasteiger partial charge on any atom is 0.243 e. The molecular weight excluding hydrogens is 528 g/mol. The molecule has 3 rings (SSSR count). The molecule has 1 heterocycles. The zero-order valence-corrected chi connectivity index (χ0v) is 22.7. The summed E-state index contributed by atoms with van der Waals surface area (Å²) in [6.45, 7) is -0.493. The molecule has 2 aromatic carbocycles. The van der Waals surface area contributed by atoms with Crippen molar-refractivity contribution < 1.29 is 28.8 Å². The first kappa shape index (κ1) is 30.8. The smallest absolute Gasteiger partial charge is 0.243 e. The van der Waals surface area contributed by atoms with Crippen LogP contribution in [0.3, 0.4) is 0 Å². The molecule has 12 heteroatoms. The van der Waals surface area contributed by atoms with Crippen LogP contribution in [0.5, 0.6) is 0 Å². The van der Waals surface area contributed by atoms with E-state index < -0.39 is 42.3 Å². The fraction of sp³-hybridized carbons (Fsp3) is 0.379. The van der Waals surface area contributed by atoms with Gasteiger partial charge in [-0.1, -0.05) is 60.7 Å². The normalized spacial score (nSPS) is 19.8. The lowest BCUT2D eigenvalue weighted by molar-refractivity contribution is -0.132. The van der Waals surface area contributed by atoms with E-state index in [2.05, 4.69) is 31.9 Å². The third-order valence-electron chi connectivity index (χ3n) is 6.35. The molecule has 0 saturated carbocycles. The molecule has 1 aliphatic rings. The van der Waals surface area contributed by atoms with E-state index in [1.54, 1.807) is 24.3 Å². The Morgan fingerprint density at radius 1 is 0.707 bits per heavy atom. The van der Waals surface area contributed by atoms with Crippen LogP contribution < -0.4 is 31.9 Å². The third kappa shape index (κ3) is 11.5. The van der Waals surface area contributed by atoms with E-state index in [0.29, 0.717) is 6.42 Å². The molecule has 41 heavy (non-hydrogen) atoms. The highest BCUT2D eigenvalue weighted by Crippen LogP contribution is 2.06. The van der Waals surface area contributed by atoms with Crippen LogP contribution in [0, 0.1) is 0 Å². The maximum absolute atomic E-state index is 13.0. The van der Waals surface area contributed by atoms with Gasteiger partial charge in [-0.2, -0.15) is 0 Å². The summed E-state index contributed by atoms with van der Waals surface area (Å²) >= 11 is 0. The van der Waals surface area contributed by atoms with Crippen molar-refractivity contribution in [3.05, 3.63) is 71.8 Å². The molecule has 1 aliphatic heterocycles. The molecule has 12 nitrogen and oxygen atoms in total. The first-order chi connectivity index (χ1) is 19.8. The second-order valence-electron chi connectivity index (χ2n) is 9.59. The summed E-state index contributed by atoms with van der Waals surface area (Å²) < 4.78 is 0. The van der Waals surface area contributed by atoms with Crippen LogP contribution in [0.4, 0.5) is 0 Å². The molecule has 6 amide bonds. The molecule has 0 unspecified atom stereocenters. The Morgan fingerprint density at radius 2 is 1.29 bits per heavy atom. The van der Waals surface area contributed by atoms with Crippen molar-refractivity contribution in [2.75, 3.05) is 26.2 Å². The average Bonchev–Trinajstić information content (AvgIpc) is 2.98. The molecule has 218 valence electrons. The van der Waals surface area contributed by atoms with E-state index in [0.717, 1.165) is 11.1 Å². The second kappa shape index (κ2) is 16.4. The summed E-state index contributed by atoms with van der Waals surface area (Å²) in [5, 5.41) is 15.5. The number of carbonyl (C=O) groups excluding carboxylic acids is 6. The van der Waals surface area contributed by atoms with Gasteiger partial charge >= 0.3 is 0 Å². The van der Waals surface area contributed by atoms with Crippen LogP contribution in [-0.4, -0.2) is 73.7 Å². The van der Waals surface area contributed by atoms with Crippen molar-refractivity contribution in [3.8, 4) is 0 Å². The molecule has 1 fully saturated rings. The number of hydrogen-bond donors (Lipinski definition) is 6. The third-order valence-corrected chi connectivity index (χ3v) is 6.35. The highest BCUT2D eigenvalue weighted by atomic mass is 16.2. The summed E-state index contributed by atoms with van der Waals surface area (Å²) in [4.78, 5) is 75.6. The molecule has 0 aliphatic carbocycles. The highest BCUT2D eigenvalue weighted by molar-refractivity contribution is 5.94. The fourth-order valence-electron chi connectivity index (χ4n) is 4.15. The minimum Gasteiger partial charge on any atom is -0.354 e. The molecule has 1 saturated heterocycles. The predicted octanol–water partition coefficient (Wildman–Crippen LogP) is -0.910. The van der Waals surface area contributed by atoms with Gasteiger partial charge in [-0.25, -0.2) is 0 Å². The van der Waals surface area contributed by atoms with E-state index in [9.17, 15) is 28.8 Å². The number of aryl methyl sites for hydroxylation is 1. The van der Waals surface area contributed by atoms with Gasteiger partial charge in [-0.3, -0.25) is 28.8 Å². The molecule has 2 atom stereocenters. The van der Waals surface area contributed by atoms with Crippen LogP contribution in [0.15, 0.2) is 60.7 Å². The quantitative estimate of drug-likeness (QED) is 0.265. The highest BCUT2D eigenvalue weighted by Gasteiger charge is 2.25. The summed E-state index contributed by atoms with van der Waals surface area (Å²) in [6, 6.07) is 16.4. The molecule has 0 aromatic heterocycles. The van der Waals surface area contributed by atoms with Gasteiger partial charge in [-0.05, 0) is 24.0 Å². The first-order valence-electron chi connectivity index (χ1n) is 13.6. The van der Waals surface area contributed by atoms with Crippen LogP contribution in [0.2, 0.25) is 0 Å². The SMILES string of the molecule is O=C1CC[C@H](NC(=O)CCc2ccccc2)C(=O)NCC(=O)N[C@H](Cc2ccccc2)C(=O)NCC(=O)NCCN1. The summed E-state index contributed by atoms with van der Waals surface area (Å²) in [5.74, 6) is -3.02. The van der Waals surface area contributed by atoms with Gasteiger partial charge in [0.25, 0.3) is 0 Å². The minimum absolute atomic E-state index is 0.00175. The van der Waals surface area contributed by atoms with Crippen molar-refractivity contribution >= 4 is 35.4 Å². The molecule has 0 spiro atoms. The molecular formula is C29H36N6O6. The Balaban J connectivity index is 1.67. The second-order valence-corrected chi connectivity index (χ2v) is 9.59. The van der Waals surface area contributed by atoms with Crippen molar-refractivity contribution in [1.82, 2.24) is 31.9 Å². The number of amides is 6. The monoisotopic (exact) mass is 564 g/mol. The van der Waals surface area contributed by atoms with Gasteiger partial charge in [0.15, 0.2) is 0 Å². The van der Waals surface area contributed by atoms with E-state index in [-0.39, 0.29) is 57.1 Å². The van der Waals surface area contributed by atoms with Crippen LogP contribution in [-0.2, 0) is 41.6 Å². The maximum atomic E-state index is 13.0. The minimum atomic E-state index is -1.06. The molecule has 2 aromatic rings. The largest absolute Gasteiger partial charge is 0.354 e. The van der Waals surface area contributed by atoms with E-state index in [1.807, 2.05) is 36.4 Å².